The van der Waals surface area contributed by atoms with E-state index in [4.69, 9.17) is 4.42 Å². The molecule has 0 unspecified atom stereocenters. The third kappa shape index (κ3) is 4.62. The molecule has 0 aliphatic heterocycles. The number of para-hydroxylation sites is 2. The average Bonchev–Trinajstić information content (AvgIpc) is 3.79. The summed E-state index contributed by atoms with van der Waals surface area (Å²) in [6, 6.07) is 77.1. The number of hydrogen-bond acceptors (Lipinski definition) is 2. The Labute approximate surface area is 320 Å². The van der Waals surface area contributed by atoms with Crippen LogP contribution in [0.15, 0.2) is 217 Å². The fraction of sp³-hybridized carbons (Fsp3) is 0.0189. The Balaban J connectivity index is 1.27. The predicted octanol–water partition coefficient (Wildman–Crippen LogP) is 14.2. The lowest BCUT2D eigenvalue weighted by Crippen LogP contribution is -2.28. The number of rotatable bonds is 6. The van der Waals surface area contributed by atoms with Gasteiger partial charge in [0.25, 0.3) is 0 Å². The molecule has 11 rings (SSSR count). The molecule has 258 valence electrons. The van der Waals surface area contributed by atoms with E-state index in [2.05, 4.69) is 211 Å². The minimum absolute atomic E-state index is 0.518. The Kier molecular flexibility index (Phi) is 7.11. The molecule has 1 aliphatic rings. The van der Waals surface area contributed by atoms with Gasteiger partial charge in [0.15, 0.2) is 0 Å². The number of anilines is 3. The maximum atomic E-state index is 6.43. The minimum Gasteiger partial charge on any atom is -0.456 e. The van der Waals surface area contributed by atoms with Crippen LogP contribution in [0.3, 0.4) is 0 Å². The van der Waals surface area contributed by atoms with Gasteiger partial charge in [-0.2, -0.15) is 0 Å². The van der Waals surface area contributed by atoms with Gasteiger partial charge in [0.1, 0.15) is 11.2 Å². The maximum Gasteiger partial charge on any atom is 0.136 e. The molecular formula is C53H35NO. The van der Waals surface area contributed by atoms with Gasteiger partial charge in [-0.05, 0) is 69.1 Å². The summed E-state index contributed by atoms with van der Waals surface area (Å²) in [5.74, 6) is 0. The van der Waals surface area contributed by atoms with Gasteiger partial charge < -0.3 is 9.32 Å². The average molecular weight is 702 g/mol. The van der Waals surface area contributed by atoms with Crippen molar-refractivity contribution in [2.24, 2.45) is 0 Å². The van der Waals surface area contributed by atoms with Crippen molar-refractivity contribution in [3.8, 4) is 22.3 Å². The molecule has 9 aromatic carbocycles. The van der Waals surface area contributed by atoms with E-state index in [0.29, 0.717) is 0 Å². The van der Waals surface area contributed by atoms with Gasteiger partial charge in [-0.1, -0.05) is 182 Å². The van der Waals surface area contributed by atoms with Crippen molar-refractivity contribution in [1.82, 2.24) is 0 Å². The summed E-state index contributed by atoms with van der Waals surface area (Å²) in [6.45, 7) is 0. The molecule has 0 spiro atoms. The fourth-order valence-electron chi connectivity index (χ4n) is 9.35. The molecule has 0 bridgehead atoms. The zero-order valence-electron chi connectivity index (χ0n) is 30.1. The zero-order chi connectivity index (χ0) is 36.3. The highest BCUT2D eigenvalue weighted by atomic mass is 16.3. The van der Waals surface area contributed by atoms with E-state index in [1.165, 1.54) is 44.2 Å². The van der Waals surface area contributed by atoms with Crippen LogP contribution in [0.25, 0.3) is 55.0 Å². The lowest BCUT2D eigenvalue weighted by molar-refractivity contribution is 0.669. The van der Waals surface area contributed by atoms with E-state index in [9.17, 15) is 0 Å². The zero-order valence-corrected chi connectivity index (χ0v) is 30.1. The summed E-state index contributed by atoms with van der Waals surface area (Å²) in [4.78, 5) is 2.51. The molecule has 1 aliphatic carbocycles. The largest absolute Gasteiger partial charge is 0.456 e. The molecule has 55 heavy (non-hydrogen) atoms. The number of fused-ring (bicyclic) bond motifs is 7. The smallest absolute Gasteiger partial charge is 0.136 e. The third-order valence-electron chi connectivity index (χ3n) is 11.5. The van der Waals surface area contributed by atoms with Gasteiger partial charge >= 0.3 is 0 Å². The summed E-state index contributed by atoms with van der Waals surface area (Å²) in [6.07, 6.45) is 0. The lowest BCUT2D eigenvalue weighted by Gasteiger charge is -2.35. The third-order valence-corrected chi connectivity index (χ3v) is 11.5. The van der Waals surface area contributed by atoms with Crippen molar-refractivity contribution in [1.29, 1.82) is 0 Å². The quantitative estimate of drug-likeness (QED) is 0.172. The molecule has 2 nitrogen and oxygen atoms in total. The standard InChI is InChI=1S/C53H35NO/c1-3-20-37(21-4-1)53(38-22-5-2-6-23-38)44-29-12-9-26-42(44)52-45(53)30-17-33-48(52)54(46-32-15-19-36-18-7-8-24-39(36)46)47-31-13-10-25-40(47)41-28-16-35-50-51(41)43-27-11-14-34-49(43)55-50/h1-35H. The van der Waals surface area contributed by atoms with E-state index in [-0.39, 0.29) is 0 Å². The molecule has 2 heteroatoms. The molecule has 0 amide bonds. The van der Waals surface area contributed by atoms with Crippen molar-refractivity contribution in [2.45, 2.75) is 5.41 Å². The molecule has 0 saturated carbocycles. The van der Waals surface area contributed by atoms with Crippen LogP contribution in [0, 0.1) is 0 Å². The Morgan fingerprint density at radius 2 is 0.873 bits per heavy atom. The second kappa shape index (κ2) is 12.5. The van der Waals surface area contributed by atoms with Crippen LogP contribution in [0.5, 0.6) is 0 Å². The van der Waals surface area contributed by atoms with Crippen LogP contribution in [0.2, 0.25) is 0 Å². The summed E-state index contributed by atoms with van der Waals surface area (Å²) in [7, 11) is 0. The summed E-state index contributed by atoms with van der Waals surface area (Å²) >= 11 is 0. The molecule has 1 aromatic heterocycles. The SMILES string of the molecule is c1ccc(C2(c3ccccc3)c3ccccc3-c3c(N(c4ccccc4-c4cccc5oc6ccccc6c45)c4cccc5ccccc45)cccc32)cc1. The van der Waals surface area contributed by atoms with E-state index in [1.807, 2.05) is 6.07 Å². The molecule has 0 atom stereocenters. The molecular weight excluding hydrogens is 667 g/mol. The van der Waals surface area contributed by atoms with Crippen LogP contribution in [0.1, 0.15) is 22.3 Å². The van der Waals surface area contributed by atoms with Gasteiger partial charge in [0.2, 0.25) is 0 Å². The van der Waals surface area contributed by atoms with Crippen LogP contribution in [-0.2, 0) is 5.41 Å². The van der Waals surface area contributed by atoms with Crippen LogP contribution >= 0.6 is 0 Å². The summed E-state index contributed by atoms with van der Waals surface area (Å²) in [5.41, 5.74) is 14.4. The monoisotopic (exact) mass is 701 g/mol. The van der Waals surface area contributed by atoms with Crippen molar-refractivity contribution in [3.05, 3.63) is 235 Å². The van der Waals surface area contributed by atoms with Gasteiger partial charge in [-0.3, -0.25) is 0 Å². The second-order valence-electron chi connectivity index (χ2n) is 14.4. The van der Waals surface area contributed by atoms with E-state index >= 15 is 0 Å². The summed E-state index contributed by atoms with van der Waals surface area (Å²) in [5, 5.41) is 4.62. The van der Waals surface area contributed by atoms with Crippen LogP contribution in [0.4, 0.5) is 17.1 Å². The van der Waals surface area contributed by atoms with Gasteiger partial charge in [-0.25, -0.2) is 0 Å². The molecule has 1 heterocycles. The van der Waals surface area contributed by atoms with Gasteiger partial charge in [-0.15, -0.1) is 0 Å². The molecule has 10 aromatic rings. The van der Waals surface area contributed by atoms with E-state index in [1.54, 1.807) is 0 Å². The van der Waals surface area contributed by atoms with Gasteiger partial charge in [0, 0.05) is 27.3 Å². The number of nitrogens with zero attached hydrogens (tertiary/aromatic N) is 1. The lowest BCUT2D eigenvalue weighted by atomic mass is 9.68. The highest BCUT2D eigenvalue weighted by Crippen LogP contribution is 2.60. The van der Waals surface area contributed by atoms with Crippen molar-refractivity contribution >= 4 is 49.8 Å². The first-order valence-corrected chi connectivity index (χ1v) is 18.9. The number of hydrogen-bond donors (Lipinski definition) is 0. The first kappa shape index (κ1) is 31.4. The number of furan rings is 1. The Bertz CT molecular complexity index is 3000. The highest BCUT2D eigenvalue weighted by molar-refractivity contribution is 6.14. The second-order valence-corrected chi connectivity index (χ2v) is 14.4. The molecule has 0 N–H and O–H groups in total. The maximum absolute atomic E-state index is 6.43. The predicted molar refractivity (Wildman–Crippen MR) is 229 cm³/mol. The van der Waals surface area contributed by atoms with Gasteiger partial charge in [0.05, 0.1) is 22.5 Å². The first-order chi connectivity index (χ1) is 27.3. The molecule has 0 fully saturated rings. The molecule has 0 saturated heterocycles. The van der Waals surface area contributed by atoms with Crippen molar-refractivity contribution < 1.29 is 4.42 Å². The van der Waals surface area contributed by atoms with Crippen LogP contribution in [-0.4, -0.2) is 0 Å². The first-order valence-electron chi connectivity index (χ1n) is 18.9. The molecule has 0 radical (unpaired) electrons. The minimum atomic E-state index is -0.518. The van der Waals surface area contributed by atoms with Crippen molar-refractivity contribution in [2.75, 3.05) is 4.90 Å². The Hall–Kier alpha value is -7.16. The topological polar surface area (TPSA) is 16.4 Å². The van der Waals surface area contributed by atoms with Crippen molar-refractivity contribution in [3.63, 3.8) is 0 Å². The van der Waals surface area contributed by atoms with E-state index in [0.717, 1.165) is 50.1 Å². The van der Waals surface area contributed by atoms with E-state index < -0.39 is 5.41 Å². The fourth-order valence-corrected chi connectivity index (χ4v) is 9.35. The highest BCUT2D eigenvalue weighted by Gasteiger charge is 2.47. The number of benzene rings is 9. The Morgan fingerprint density at radius 3 is 1.69 bits per heavy atom. The normalized spacial score (nSPS) is 12.9. The summed E-state index contributed by atoms with van der Waals surface area (Å²) < 4.78 is 6.43. The Morgan fingerprint density at radius 1 is 0.345 bits per heavy atom. The van der Waals surface area contributed by atoms with Crippen LogP contribution < -0.4 is 4.90 Å².